The van der Waals surface area contributed by atoms with E-state index in [1.165, 1.54) is 30.3 Å². The van der Waals surface area contributed by atoms with Crippen molar-refractivity contribution in [2.24, 2.45) is 0 Å². The van der Waals surface area contributed by atoms with Gasteiger partial charge in [-0.05, 0) is 24.3 Å². The molecule has 1 amide bonds. The van der Waals surface area contributed by atoms with E-state index in [-0.39, 0.29) is 17.1 Å². The van der Waals surface area contributed by atoms with Gasteiger partial charge in [-0.2, -0.15) is 0 Å². The topological polar surface area (TPSA) is 88.8 Å². The van der Waals surface area contributed by atoms with E-state index in [0.29, 0.717) is 0 Å². The van der Waals surface area contributed by atoms with Crippen LogP contribution in [0, 0.1) is 5.82 Å². The highest BCUT2D eigenvalue weighted by molar-refractivity contribution is 5.95. The van der Waals surface area contributed by atoms with Crippen molar-refractivity contribution in [1.82, 2.24) is 5.32 Å². The third-order valence-electron chi connectivity index (χ3n) is 2.94. The molecule has 1 aromatic heterocycles. The molecule has 0 aliphatic heterocycles. The van der Waals surface area contributed by atoms with Crippen molar-refractivity contribution in [2.75, 3.05) is 13.7 Å². The summed E-state index contributed by atoms with van der Waals surface area (Å²) in [5, 5.41) is 11.3. The van der Waals surface area contributed by atoms with Gasteiger partial charge in [-0.15, -0.1) is 0 Å². The molecule has 1 heterocycles. The molecule has 0 saturated heterocycles. The fourth-order valence-electron chi connectivity index (χ4n) is 1.82. The smallest absolute Gasteiger partial charge is 0.330 e. The molecule has 0 bridgehead atoms. The maximum atomic E-state index is 13.6. The van der Waals surface area contributed by atoms with Crippen LogP contribution in [0.5, 0.6) is 0 Å². The second-order valence-electron chi connectivity index (χ2n) is 4.38. The van der Waals surface area contributed by atoms with Gasteiger partial charge < -0.3 is 19.6 Å². The Morgan fingerprint density at radius 1 is 1.32 bits per heavy atom. The van der Waals surface area contributed by atoms with E-state index in [4.69, 9.17) is 9.52 Å². The predicted molar refractivity (Wildman–Crippen MR) is 74.5 cm³/mol. The first-order valence-corrected chi connectivity index (χ1v) is 6.41. The second kappa shape index (κ2) is 6.86. The van der Waals surface area contributed by atoms with E-state index in [9.17, 15) is 14.0 Å². The summed E-state index contributed by atoms with van der Waals surface area (Å²) in [6.45, 7) is -0.612. The average Bonchev–Trinajstić information content (AvgIpc) is 3.02. The summed E-state index contributed by atoms with van der Waals surface area (Å²) in [6.07, 6.45) is 0. The lowest BCUT2D eigenvalue weighted by atomic mass is 10.1. The van der Waals surface area contributed by atoms with Crippen LogP contribution in [0.2, 0.25) is 0 Å². The molecule has 7 heteroatoms. The summed E-state index contributed by atoms with van der Waals surface area (Å²) in [7, 11) is 1.14. The summed E-state index contributed by atoms with van der Waals surface area (Å²) >= 11 is 0. The highest BCUT2D eigenvalue weighted by atomic mass is 19.1. The van der Waals surface area contributed by atoms with Crippen LogP contribution in [0.4, 0.5) is 4.39 Å². The predicted octanol–water partition coefficient (Wildman–Crippen LogP) is 1.35. The highest BCUT2D eigenvalue weighted by Crippen LogP contribution is 2.24. The zero-order valence-corrected chi connectivity index (χ0v) is 11.7. The van der Waals surface area contributed by atoms with E-state index in [1.54, 1.807) is 6.07 Å². The lowest BCUT2D eigenvalue weighted by molar-refractivity contribution is -0.143. The number of carbonyl (C=O) groups excluding carboxylic acids is 2. The van der Waals surface area contributed by atoms with Crippen molar-refractivity contribution in [3.8, 4) is 11.3 Å². The summed E-state index contributed by atoms with van der Waals surface area (Å²) in [4.78, 5) is 23.3. The number of hydrogen-bond donors (Lipinski definition) is 2. The summed E-state index contributed by atoms with van der Waals surface area (Å²) in [6, 6.07) is 7.57. The fourth-order valence-corrected chi connectivity index (χ4v) is 1.82. The zero-order chi connectivity index (χ0) is 16.1. The van der Waals surface area contributed by atoms with Crippen LogP contribution < -0.4 is 5.32 Å². The Hall–Kier alpha value is -2.67. The quantitative estimate of drug-likeness (QED) is 0.814. The summed E-state index contributed by atoms with van der Waals surface area (Å²) in [5.41, 5.74) is 0.216. The largest absolute Gasteiger partial charge is 0.467 e. The molecule has 116 valence electrons. The molecule has 0 unspecified atom stereocenters. The van der Waals surface area contributed by atoms with Gasteiger partial charge in [0.05, 0.1) is 19.3 Å². The minimum Gasteiger partial charge on any atom is -0.467 e. The standard InChI is InChI=1S/C15H14FNO5/c1-21-15(20)11(8-18)17-14(19)13-7-6-12(22-13)9-4-2-3-5-10(9)16/h2-7,11,18H,8H2,1H3,(H,17,19)/t11-/m1/s1. The molecular weight excluding hydrogens is 293 g/mol. The van der Waals surface area contributed by atoms with Gasteiger partial charge in [-0.1, -0.05) is 12.1 Å². The molecule has 0 spiro atoms. The van der Waals surface area contributed by atoms with E-state index in [1.807, 2.05) is 0 Å². The Morgan fingerprint density at radius 3 is 2.68 bits per heavy atom. The molecule has 2 rings (SSSR count). The van der Waals surface area contributed by atoms with Crippen LogP contribution in [0.3, 0.4) is 0 Å². The minimum atomic E-state index is -1.19. The number of halogens is 1. The molecule has 0 aliphatic carbocycles. The average molecular weight is 307 g/mol. The molecule has 0 radical (unpaired) electrons. The van der Waals surface area contributed by atoms with Crippen LogP contribution in [0.1, 0.15) is 10.6 Å². The van der Waals surface area contributed by atoms with Crippen LogP contribution in [-0.2, 0) is 9.53 Å². The van der Waals surface area contributed by atoms with Gasteiger partial charge in [0.15, 0.2) is 11.8 Å². The molecule has 2 N–H and O–H groups in total. The molecule has 1 atom stereocenters. The first-order valence-electron chi connectivity index (χ1n) is 6.41. The lowest BCUT2D eigenvalue weighted by Crippen LogP contribution is -2.43. The zero-order valence-electron chi connectivity index (χ0n) is 11.7. The summed E-state index contributed by atoms with van der Waals surface area (Å²) < 4.78 is 23.4. The first-order chi connectivity index (χ1) is 10.6. The number of aliphatic hydroxyl groups excluding tert-OH is 1. The van der Waals surface area contributed by atoms with E-state index in [2.05, 4.69) is 10.1 Å². The molecule has 1 aromatic carbocycles. The molecule has 22 heavy (non-hydrogen) atoms. The number of benzene rings is 1. The Bertz CT molecular complexity index is 682. The third-order valence-corrected chi connectivity index (χ3v) is 2.94. The van der Waals surface area contributed by atoms with Gasteiger partial charge in [0.2, 0.25) is 0 Å². The maximum Gasteiger partial charge on any atom is 0.330 e. The Balaban J connectivity index is 2.16. The van der Waals surface area contributed by atoms with Gasteiger partial charge in [-0.3, -0.25) is 4.79 Å². The highest BCUT2D eigenvalue weighted by Gasteiger charge is 2.23. The molecule has 0 saturated carbocycles. The molecule has 2 aromatic rings. The number of aliphatic hydroxyl groups is 1. The van der Waals surface area contributed by atoms with E-state index >= 15 is 0 Å². The van der Waals surface area contributed by atoms with Crippen molar-refractivity contribution < 1.29 is 28.2 Å². The molecule has 6 nitrogen and oxygen atoms in total. The number of furan rings is 1. The minimum absolute atomic E-state index is 0.111. The van der Waals surface area contributed by atoms with Gasteiger partial charge in [-0.25, -0.2) is 9.18 Å². The van der Waals surface area contributed by atoms with Crippen LogP contribution in [0.25, 0.3) is 11.3 Å². The lowest BCUT2D eigenvalue weighted by Gasteiger charge is -2.12. The van der Waals surface area contributed by atoms with E-state index < -0.39 is 30.3 Å². The van der Waals surface area contributed by atoms with Gasteiger partial charge in [0.25, 0.3) is 5.91 Å². The Kier molecular flexibility index (Phi) is 4.90. The van der Waals surface area contributed by atoms with Crippen molar-refractivity contribution in [3.63, 3.8) is 0 Å². The van der Waals surface area contributed by atoms with E-state index in [0.717, 1.165) is 7.11 Å². The number of hydrogen-bond acceptors (Lipinski definition) is 5. The number of rotatable bonds is 5. The molecule has 0 fully saturated rings. The Morgan fingerprint density at radius 2 is 2.05 bits per heavy atom. The normalized spacial score (nSPS) is 11.8. The SMILES string of the molecule is COC(=O)[C@@H](CO)NC(=O)c1ccc(-c2ccccc2F)o1. The number of ether oxygens (including phenoxy) is 1. The maximum absolute atomic E-state index is 13.6. The fraction of sp³-hybridized carbons (Fsp3) is 0.200. The van der Waals surface area contributed by atoms with Crippen molar-refractivity contribution in [2.45, 2.75) is 6.04 Å². The first kappa shape index (κ1) is 15.7. The number of nitrogens with one attached hydrogen (secondary N) is 1. The van der Waals surface area contributed by atoms with Crippen molar-refractivity contribution in [3.05, 3.63) is 48.0 Å². The van der Waals surface area contributed by atoms with Crippen molar-refractivity contribution >= 4 is 11.9 Å². The molecular formula is C15H14FNO5. The number of methoxy groups -OCH3 is 1. The number of amides is 1. The van der Waals surface area contributed by atoms with Crippen LogP contribution in [-0.4, -0.2) is 36.7 Å². The van der Waals surface area contributed by atoms with Crippen molar-refractivity contribution in [1.29, 1.82) is 0 Å². The molecule has 0 aliphatic rings. The van der Waals surface area contributed by atoms with Crippen LogP contribution in [0.15, 0.2) is 40.8 Å². The second-order valence-corrected chi connectivity index (χ2v) is 4.38. The van der Waals surface area contributed by atoms with Gasteiger partial charge in [0, 0.05) is 0 Å². The monoisotopic (exact) mass is 307 g/mol. The van der Waals surface area contributed by atoms with Gasteiger partial charge in [0.1, 0.15) is 11.6 Å². The van der Waals surface area contributed by atoms with Crippen LogP contribution >= 0.6 is 0 Å². The number of carbonyl (C=O) groups is 2. The Labute approximate surface area is 125 Å². The van der Waals surface area contributed by atoms with Gasteiger partial charge >= 0.3 is 5.97 Å². The number of esters is 1. The summed E-state index contributed by atoms with van der Waals surface area (Å²) in [5.74, 6) is -1.90. The third kappa shape index (κ3) is 3.32.